The minimum atomic E-state index is -0.421. The van der Waals surface area contributed by atoms with Crippen LogP contribution in [0.15, 0.2) is 24.3 Å². The van der Waals surface area contributed by atoms with E-state index in [2.05, 4.69) is 0 Å². The Hall–Kier alpha value is -1.06. The zero-order valence-corrected chi connectivity index (χ0v) is 8.14. The minimum Gasteiger partial charge on any atom is -0.491 e. The number of benzene rings is 1. The fourth-order valence-electron chi connectivity index (χ4n) is 1.20. The summed E-state index contributed by atoms with van der Waals surface area (Å²) in [6.45, 7) is 3.17. The van der Waals surface area contributed by atoms with Crippen LogP contribution in [-0.4, -0.2) is 24.4 Å². The Bertz CT molecular complexity index is 288. The van der Waals surface area contributed by atoms with Gasteiger partial charge in [0.2, 0.25) is 0 Å². The molecule has 1 saturated heterocycles. The molecule has 0 saturated carbocycles. The molecule has 76 valence electrons. The molecule has 0 aromatic heterocycles. The van der Waals surface area contributed by atoms with E-state index in [-0.39, 0.29) is 6.10 Å². The van der Waals surface area contributed by atoms with Crippen LogP contribution < -0.4 is 4.74 Å². The third-order valence-corrected chi connectivity index (χ3v) is 2.20. The monoisotopic (exact) mass is 194 g/mol. The van der Waals surface area contributed by atoms with Crippen molar-refractivity contribution in [2.75, 3.05) is 13.2 Å². The lowest BCUT2D eigenvalue weighted by atomic mass is 10.1. The number of hydrogen-bond donors (Lipinski definition) is 1. The lowest BCUT2D eigenvalue weighted by molar-refractivity contribution is 0.199. The predicted octanol–water partition coefficient (Wildman–Crippen LogP) is 1.52. The summed E-state index contributed by atoms with van der Waals surface area (Å²) in [5.74, 6) is 0.824. The molecular formula is C11H14O3. The fourth-order valence-corrected chi connectivity index (χ4v) is 1.20. The number of hydrogen-bond acceptors (Lipinski definition) is 3. The summed E-state index contributed by atoms with van der Waals surface area (Å²) in [5, 5.41) is 9.28. The van der Waals surface area contributed by atoms with Gasteiger partial charge >= 0.3 is 0 Å². The molecule has 0 spiro atoms. The SMILES string of the molecule is C[C@H](O)c1ccc(OC[C@H]2CO2)cc1. The first-order valence-electron chi connectivity index (χ1n) is 4.78. The van der Waals surface area contributed by atoms with Gasteiger partial charge in [-0.05, 0) is 24.6 Å². The van der Waals surface area contributed by atoms with Crippen molar-refractivity contribution in [3.8, 4) is 5.75 Å². The zero-order chi connectivity index (χ0) is 9.97. The molecule has 1 heterocycles. The molecule has 1 N–H and O–H groups in total. The lowest BCUT2D eigenvalue weighted by Crippen LogP contribution is -2.04. The Labute approximate surface area is 83.3 Å². The number of rotatable bonds is 4. The molecule has 0 radical (unpaired) electrons. The molecule has 0 unspecified atom stereocenters. The van der Waals surface area contributed by atoms with E-state index in [9.17, 15) is 5.11 Å². The Morgan fingerprint density at radius 3 is 2.64 bits per heavy atom. The van der Waals surface area contributed by atoms with Crippen molar-refractivity contribution in [3.63, 3.8) is 0 Å². The normalized spacial score (nSPS) is 21.7. The molecular weight excluding hydrogens is 180 g/mol. The van der Waals surface area contributed by atoms with E-state index in [1.54, 1.807) is 6.92 Å². The summed E-state index contributed by atoms with van der Waals surface area (Å²) in [4.78, 5) is 0. The highest BCUT2D eigenvalue weighted by molar-refractivity contribution is 5.28. The maximum atomic E-state index is 9.28. The summed E-state index contributed by atoms with van der Waals surface area (Å²) in [5.41, 5.74) is 0.903. The van der Waals surface area contributed by atoms with Gasteiger partial charge in [-0.15, -0.1) is 0 Å². The van der Waals surface area contributed by atoms with Gasteiger partial charge in [0, 0.05) is 0 Å². The van der Waals surface area contributed by atoms with Crippen molar-refractivity contribution in [1.82, 2.24) is 0 Å². The van der Waals surface area contributed by atoms with Crippen LogP contribution >= 0.6 is 0 Å². The van der Waals surface area contributed by atoms with Crippen molar-refractivity contribution in [2.45, 2.75) is 19.1 Å². The van der Waals surface area contributed by atoms with Crippen LogP contribution in [0.1, 0.15) is 18.6 Å². The Morgan fingerprint density at radius 1 is 1.50 bits per heavy atom. The molecule has 0 bridgehead atoms. The van der Waals surface area contributed by atoms with Gasteiger partial charge in [-0.1, -0.05) is 12.1 Å². The third kappa shape index (κ3) is 2.47. The van der Waals surface area contributed by atoms with E-state index in [1.165, 1.54) is 0 Å². The van der Waals surface area contributed by atoms with Gasteiger partial charge in [0.1, 0.15) is 18.5 Å². The second kappa shape index (κ2) is 3.98. The number of ether oxygens (including phenoxy) is 2. The predicted molar refractivity (Wildman–Crippen MR) is 52.3 cm³/mol. The van der Waals surface area contributed by atoms with Crippen LogP contribution in [0.25, 0.3) is 0 Å². The van der Waals surface area contributed by atoms with Crippen molar-refractivity contribution < 1.29 is 14.6 Å². The van der Waals surface area contributed by atoms with Crippen molar-refractivity contribution in [3.05, 3.63) is 29.8 Å². The molecule has 2 atom stereocenters. The summed E-state index contributed by atoms with van der Waals surface area (Å²) in [7, 11) is 0. The van der Waals surface area contributed by atoms with E-state index in [0.29, 0.717) is 6.61 Å². The van der Waals surface area contributed by atoms with Gasteiger partial charge < -0.3 is 14.6 Å². The van der Waals surface area contributed by atoms with Gasteiger partial charge in [0.05, 0.1) is 12.7 Å². The maximum Gasteiger partial charge on any atom is 0.119 e. The molecule has 14 heavy (non-hydrogen) atoms. The minimum absolute atomic E-state index is 0.284. The maximum absolute atomic E-state index is 9.28. The molecule has 1 aliphatic rings. The van der Waals surface area contributed by atoms with Gasteiger partial charge in [0.25, 0.3) is 0 Å². The molecule has 1 fully saturated rings. The molecule has 1 aromatic rings. The first kappa shape index (κ1) is 9.49. The highest BCUT2D eigenvalue weighted by Crippen LogP contribution is 2.18. The third-order valence-electron chi connectivity index (χ3n) is 2.20. The molecule has 0 aliphatic carbocycles. The largest absolute Gasteiger partial charge is 0.491 e. The van der Waals surface area contributed by atoms with Crippen molar-refractivity contribution in [1.29, 1.82) is 0 Å². The summed E-state index contributed by atoms with van der Waals surface area (Å²) < 4.78 is 10.5. The van der Waals surface area contributed by atoms with Crippen LogP contribution in [0.5, 0.6) is 5.75 Å². The molecule has 1 aliphatic heterocycles. The van der Waals surface area contributed by atoms with E-state index < -0.39 is 6.10 Å². The van der Waals surface area contributed by atoms with E-state index >= 15 is 0 Å². The van der Waals surface area contributed by atoms with Crippen LogP contribution in [0, 0.1) is 0 Å². The average molecular weight is 194 g/mol. The Morgan fingerprint density at radius 2 is 2.14 bits per heavy atom. The summed E-state index contributed by atoms with van der Waals surface area (Å²) in [6.07, 6.45) is -0.137. The zero-order valence-electron chi connectivity index (χ0n) is 8.14. The van der Waals surface area contributed by atoms with Crippen LogP contribution in [0.3, 0.4) is 0 Å². The van der Waals surface area contributed by atoms with E-state index in [1.807, 2.05) is 24.3 Å². The fraction of sp³-hybridized carbons (Fsp3) is 0.455. The molecule has 0 amide bonds. The van der Waals surface area contributed by atoms with Crippen molar-refractivity contribution in [2.24, 2.45) is 0 Å². The number of aliphatic hydroxyl groups is 1. The smallest absolute Gasteiger partial charge is 0.119 e. The number of epoxide rings is 1. The second-order valence-electron chi connectivity index (χ2n) is 3.51. The molecule has 3 heteroatoms. The first-order valence-corrected chi connectivity index (χ1v) is 4.78. The molecule has 1 aromatic carbocycles. The Balaban J connectivity index is 1.91. The number of aliphatic hydroxyl groups excluding tert-OH is 1. The molecule has 2 rings (SSSR count). The topological polar surface area (TPSA) is 42.0 Å². The highest BCUT2D eigenvalue weighted by Gasteiger charge is 2.22. The van der Waals surface area contributed by atoms with Gasteiger partial charge in [-0.2, -0.15) is 0 Å². The van der Waals surface area contributed by atoms with Gasteiger partial charge in [-0.25, -0.2) is 0 Å². The van der Waals surface area contributed by atoms with Crippen molar-refractivity contribution >= 4 is 0 Å². The molecule has 3 nitrogen and oxygen atoms in total. The van der Waals surface area contributed by atoms with Crippen LogP contribution in [0.4, 0.5) is 0 Å². The van der Waals surface area contributed by atoms with Crippen LogP contribution in [-0.2, 0) is 4.74 Å². The Kier molecular flexibility index (Phi) is 2.70. The van der Waals surface area contributed by atoms with Gasteiger partial charge in [-0.3, -0.25) is 0 Å². The van der Waals surface area contributed by atoms with Crippen LogP contribution in [0.2, 0.25) is 0 Å². The van der Waals surface area contributed by atoms with E-state index in [4.69, 9.17) is 9.47 Å². The quantitative estimate of drug-likeness (QED) is 0.739. The highest BCUT2D eigenvalue weighted by atomic mass is 16.6. The first-order chi connectivity index (χ1) is 6.75. The van der Waals surface area contributed by atoms with Gasteiger partial charge in [0.15, 0.2) is 0 Å². The average Bonchev–Trinajstić information content (AvgIpc) is 2.99. The summed E-state index contributed by atoms with van der Waals surface area (Å²) in [6, 6.07) is 7.47. The lowest BCUT2D eigenvalue weighted by Gasteiger charge is -2.07. The standard InChI is InChI=1S/C11H14O3/c1-8(12)9-2-4-10(5-3-9)13-6-11-7-14-11/h2-5,8,11-12H,6-7H2,1H3/t8-,11-/m0/s1. The van der Waals surface area contributed by atoms with E-state index in [0.717, 1.165) is 17.9 Å². The second-order valence-corrected chi connectivity index (χ2v) is 3.51. The summed E-state index contributed by atoms with van der Waals surface area (Å²) >= 11 is 0.